The molecule has 0 aromatic rings. The Bertz CT molecular complexity index is 236. The number of carbonyl (C=O) groups is 2. The molecule has 4 heteroatoms. The van der Waals surface area contributed by atoms with Gasteiger partial charge in [-0.3, -0.25) is 4.79 Å². The van der Waals surface area contributed by atoms with Crippen molar-refractivity contribution in [1.29, 1.82) is 0 Å². The summed E-state index contributed by atoms with van der Waals surface area (Å²) in [5.74, 6) is -0.775. The van der Waals surface area contributed by atoms with Gasteiger partial charge in [-0.05, 0) is 19.8 Å². The van der Waals surface area contributed by atoms with Crippen LogP contribution in [-0.4, -0.2) is 30.1 Å². The predicted molar refractivity (Wildman–Crippen MR) is 45.0 cm³/mol. The van der Waals surface area contributed by atoms with E-state index in [9.17, 15) is 14.7 Å². The molecule has 1 aliphatic carbocycles. The molecule has 0 unspecified atom stereocenters. The molecule has 1 rings (SSSR count). The van der Waals surface area contributed by atoms with E-state index in [2.05, 4.69) is 4.74 Å². The first kappa shape index (κ1) is 10.2. The minimum absolute atomic E-state index is 0.0506. The topological polar surface area (TPSA) is 63.6 Å². The van der Waals surface area contributed by atoms with E-state index >= 15 is 0 Å². The third-order valence-corrected chi connectivity index (χ3v) is 2.76. The summed E-state index contributed by atoms with van der Waals surface area (Å²) in [5.41, 5.74) is -0.924. The van der Waals surface area contributed by atoms with Crippen molar-refractivity contribution in [3.8, 4) is 0 Å². The highest BCUT2D eigenvalue weighted by atomic mass is 16.5. The molecule has 0 amide bonds. The first-order valence-electron chi connectivity index (χ1n) is 4.31. The Morgan fingerprint density at radius 2 is 2.31 bits per heavy atom. The molecule has 0 heterocycles. The molecule has 1 aliphatic rings. The summed E-state index contributed by atoms with van der Waals surface area (Å²) in [6.07, 6.45) is 0.434. The minimum Gasteiger partial charge on any atom is -0.467 e. The Kier molecular flexibility index (Phi) is 2.71. The van der Waals surface area contributed by atoms with Gasteiger partial charge in [-0.15, -0.1) is 0 Å². The fourth-order valence-corrected chi connectivity index (χ4v) is 1.70. The number of hydrogen-bond acceptors (Lipinski definition) is 4. The largest absolute Gasteiger partial charge is 0.467 e. The van der Waals surface area contributed by atoms with Gasteiger partial charge >= 0.3 is 5.97 Å². The first-order chi connectivity index (χ1) is 6.02. The number of ether oxygens (including phenoxy) is 1. The number of carbonyl (C=O) groups excluding carboxylic acids is 2. The quantitative estimate of drug-likeness (QED) is 0.629. The molecule has 0 bridgehead atoms. The van der Waals surface area contributed by atoms with E-state index in [1.807, 2.05) is 0 Å². The summed E-state index contributed by atoms with van der Waals surface area (Å²) < 4.78 is 4.40. The predicted octanol–water partition coefficient (Wildman–Crippen LogP) is 0.280. The number of aliphatic hydroxyl groups excluding tert-OH is 1. The molecule has 2 atom stereocenters. The maximum Gasteiger partial charge on any atom is 0.335 e. The van der Waals surface area contributed by atoms with Crippen molar-refractivity contribution in [2.24, 2.45) is 5.41 Å². The van der Waals surface area contributed by atoms with Crippen LogP contribution < -0.4 is 0 Å². The zero-order chi connectivity index (χ0) is 10.1. The monoisotopic (exact) mass is 186 g/mol. The number of methoxy groups -OCH3 is 1. The molecule has 0 aromatic carbocycles. The van der Waals surface area contributed by atoms with Gasteiger partial charge in [0, 0.05) is 6.42 Å². The van der Waals surface area contributed by atoms with Crippen LogP contribution in [0.15, 0.2) is 0 Å². The van der Waals surface area contributed by atoms with Gasteiger partial charge in [-0.1, -0.05) is 0 Å². The van der Waals surface area contributed by atoms with Crippen molar-refractivity contribution in [3.63, 3.8) is 0 Å². The minimum atomic E-state index is -1.31. The standard InChI is InChI=1S/C9H14O4/c1-9(5-3-4-6(9)10)7(11)8(12)13-2/h7,11H,3-5H2,1-2H3/t7-,9+/m0/s1. The molecule has 1 N–H and O–H groups in total. The summed E-state index contributed by atoms with van der Waals surface area (Å²) in [6.45, 7) is 1.62. The molecule has 74 valence electrons. The number of esters is 1. The fraction of sp³-hybridized carbons (Fsp3) is 0.778. The molecule has 0 saturated heterocycles. The number of rotatable bonds is 2. The van der Waals surface area contributed by atoms with Crippen LogP contribution >= 0.6 is 0 Å². The van der Waals surface area contributed by atoms with Gasteiger partial charge in [0.2, 0.25) is 0 Å². The average molecular weight is 186 g/mol. The Balaban J connectivity index is 2.79. The molecule has 0 aromatic heterocycles. The molecule has 0 aliphatic heterocycles. The van der Waals surface area contributed by atoms with E-state index in [1.54, 1.807) is 6.92 Å². The zero-order valence-electron chi connectivity index (χ0n) is 7.87. The lowest BCUT2D eigenvalue weighted by atomic mass is 9.81. The SMILES string of the molecule is COC(=O)[C@H](O)[C@]1(C)CCCC1=O. The summed E-state index contributed by atoms with van der Waals surface area (Å²) in [4.78, 5) is 22.4. The van der Waals surface area contributed by atoms with Crippen LogP contribution in [-0.2, 0) is 14.3 Å². The van der Waals surface area contributed by atoms with Crippen LogP contribution in [0, 0.1) is 5.41 Å². The number of Topliss-reactive ketones (excluding diaryl/α,β-unsaturated/α-hetero) is 1. The van der Waals surface area contributed by atoms with E-state index in [-0.39, 0.29) is 5.78 Å². The molecule has 4 nitrogen and oxygen atoms in total. The zero-order valence-corrected chi connectivity index (χ0v) is 7.87. The Labute approximate surface area is 76.9 Å². The first-order valence-corrected chi connectivity index (χ1v) is 4.31. The molecule has 0 spiro atoms. The summed E-state index contributed by atoms with van der Waals surface area (Å²) >= 11 is 0. The number of aliphatic hydroxyl groups is 1. The van der Waals surface area contributed by atoms with Gasteiger partial charge in [-0.25, -0.2) is 4.79 Å². The smallest absolute Gasteiger partial charge is 0.335 e. The van der Waals surface area contributed by atoms with Gasteiger partial charge in [0.15, 0.2) is 6.10 Å². The number of ketones is 1. The van der Waals surface area contributed by atoms with E-state index in [0.29, 0.717) is 12.8 Å². The third-order valence-electron chi connectivity index (χ3n) is 2.76. The van der Waals surface area contributed by atoms with Crippen LogP contribution in [0.4, 0.5) is 0 Å². The second kappa shape index (κ2) is 3.46. The Hall–Kier alpha value is -0.900. The van der Waals surface area contributed by atoms with Gasteiger partial charge in [0.25, 0.3) is 0 Å². The Morgan fingerprint density at radius 1 is 1.69 bits per heavy atom. The van der Waals surface area contributed by atoms with Crippen LogP contribution in [0.2, 0.25) is 0 Å². The van der Waals surface area contributed by atoms with Crippen molar-refractivity contribution in [2.45, 2.75) is 32.3 Å². The van der Waals surface area contributed by atoms with Crippen LogP contribution in [0.25, 0.3) is 0 Å². The van der Waals surface area contributed by atoms with E-state index < -0.39 is 17.5 Å². The van der Waals surface area contributed by atoms with E-state index in [1.165, 1.54) is 7.11 Å². The van der Waals surface area contributed by atoms with Crippen molar-refractivity contribution in [3.05, 3.63) is 0 Å². The highest BCUT2D eigenvalue weighted by molar-refractivity contribution is 5.92. The average Bonchev–Trinajstić information content (AvgIpc) is 2.46. The molecule has 13 heavy (non-hydrogen) atoms. The van der Waals surface area contributed by atoms with Gasteiger partial charge in [-0.2, -0.15) is 0 Å². The fourth-order valence-electron chi connectivity index (χ4n) is 1.70. The molecular weight excluding hydrogens is 172 g/mol. The summed E-state index contributed by atoms with van der Waals surface area (Å²) in [6, 6.07) is 0. The van der Waals surface area contributed by atoms with E-state index in [0.717, 1.165) is 6.42 Å². The van der Waals surface area contributed by atoms with Gasteiger partial charge in [0.05, 0.1) is 12.5 Å². The van der Waals surface area contributed by atoms with Crippen LogP contribution in [0.3, 0.4) is 0 Å². The third kappa shape index (κ3) is 1.58. The highest BCUT2D eigenvalue weighted by Crippen LogP contribution is 2.37. The van der Waals surface area contributed by atoms with Crippen LogP contribution in [0.1, 0.15) is 26.2 Å². The van der Waals surface area contributed by atoms with Crippen molar-refractivity contribution < 1.29 is 19.4 Å². The summed E-state index contributed by atoms with van der Waals surface area (Å²) in [5, 5.41) is 9.55. The van der Waals surface area contributed by atoms with Crippen LogP contribution in [0.5, 0.6) is 0 Å². The van der Waals surface area contributed by atoms with Crippen molar-refractivity contribution in [2.75, 3.05) is 7.11 Å². The molecule has 1 saturated carbocycles. The molecular formula is C9H14O4. The second-order valence-electron chi connectivity index (χ2n) is 3.62. The Morgan fingerprint density at radius 3 is 2.69 bits per heavy atom. The molecule has 1 fully saturated rings. The summed E-state index contributed by atoms with van der Waals surface area (Å²) in [7, 11) is 1.20. The second-order valence-corrected chi connectivity index (χ2v) is 3.62. The van der Waals surface area contributed by atoms with Crippen molar-refractivity contribution >= 4 is 11.8 Å². The lowest BCUT2D eigenvalue weighted by molar-refractivity contribution is -0.160. The van der Waals surface area contributed by atoms with Gasteiger partial charge in [0.1, 0.15) is 5.78 Å². The maximum absolute atomic E-state index is 11.4. The lowest BCUT2D eigenvalue weighted by Crippen LogP contribution is -2.42. The van der Waals surface area contributed by atoms with Crippen molar-refractivity contribution in [1.82, 2.24) is 0 Å². The molecule has 0 radical (unpaired) electrons. The van der Waals surface area contributed by atoms with Gasteiger partial charge < -0.3 is 9.84 Å². The van der Waals surface area contributed by atoms with E-state index in [4.69, 9.17) is 0 Å². The maximum atomic E-state index is 11.4. The lowest BCUT2D eigenvalue weighted by Gasteiger charge is -2.25. The number of hydrogen-bond donors (Lipinski definition) is 1. The highest BCUT2D eigenvalue weighted by Gasteiger charge is 2.47. The normalized spacial score (nSPS) is 30.2.